The third kappa shape index (κ3) is 4.22. The highest BCUT2D eigenvalue weighted by atomic mass is 19.1. The molecule has 0 aliphatic rings. The van der Waals surface area contributed by atoms with Crippen molar-refractivity contribution >= 4 is 22.7 Å². The first kappa shape index (κ1) is 19.2. The molecule has 0 aliphatic heterocycles. The number of H-pyrrole nitrogens is 1. The number of benzene rings is 2. The Morgan fingerprint density at radius 3 is 2.64 bits per heavy atom. The van der Waals surface area contributed by atoms with Crippen LogP contribution in [0.3, 0.4) is 0 Å². The summed E-state index contributed by atoms with van der Waals surface area (Å²) in [5, 5.41) is 3.06. The van der Waals surface area contributed by atoms with Crippen LogP contribution in [0.4, 0.5) is 4.39 Å². The first-order valence-corrected chi connectivity index (χ1v) is 8.74. The van der Waals surface area contributed by atoms with Crippen molar-refractivity contribution in [2.75, 3.05) is 20.1 Å². The Kier molecular flexibility index (Phi) is 5.78. The minimum atomic E-state index is -0.570. The monoisotopic (exact) mass is 382 g/mol. The molecular formula is C20H19FN4O3. The van der Waals surface area contributed by atoms with Gasteiger partial charge in [-0.3, -0.25) is 14.4 Å². The number of amides is 2. The van der Waals surface area contributed by atoms with E-state index < -0.39 is 17.6 Å². The predicted molar refractivity (Wildman–Crippen MR) is 103 cm³/mol. The van der Waals surface area contributed by atoms with Gasteiger partial charge in [0.1, 0.15) is 5.82 Å². The molecule has 0 fully saturated rings. The number of hydrogen-bond acceptors (Lipinski definition) is 4. The molecule has 0 saturated carbocycles. The molecule has 144 valence electrons. The minimum absolute atomic E-state index is 0.00646. The van der Waals surface area contributed by atoms with Crippen molar-refractivity contribution in [3.05, 3.63) is 76.1 Å². The van der Waals surface area contributed by atoms with Gasteiger partial charge in [0.15, 0.2) is 5.82 Å². The van der Waals surface area contributed by atoms with E-state index in [0.717, 1.165) is 0 Å². The molecule has 3 aromatic rings. The average Bonchev–Trinajstić information content (AvgIpc) is 2.70. The summed E-state index contributed by atoms with van der Waals surface area (Å²) in [6.07, 6.45) is 0.459. The maximum Gasteiger partial charge on any atom is 0.287 e. The van der Waals surface area contributed by atoms with E-state index in [0.29, 0.717) is 23.9 Å². The second kappa shape index (κ2) is 8.43. The smallest absolute Gasteiger partial charge is 0.287 e. The highest BCUT2D eigenvalue weighted by Crippen LogP contribution is 2.09. The van der Waals surface area contributed by atoms with E-state index in [2.05, 4.69) is 15.3 Å². The molecule has 0 saturated heterocycles. The van der Waals surface area contributed by atoms with Gasteiger partial charge in [0.05, 0.1) is 16.5 Å². The number of fused-ring (bicyclic) bond motifs is 1. The van der Waals surface area contributed by atoms with Crippen LogP contribution in [0, 0.1) is 5.82 Å². The summed E-state index contributed by atoms with van der Waals surface area (Å²) in [6.45, 7) is 0.597. The molecule has 2 aromatic carbocycles. The zero-order valence-corrected chi connectivity index (χ0v) is 15.2. The molecule has 0 atom stereocenters. The Hall–Kier alpha value is -3.55. The SMILES string of the molecule is CN(CCCNC(=O)c1nc2ccccc2c(=O)[nH]1)C(=O)c1ccccc1F. The largest absolute Gasteiger partial charge is 0.349 e. The number of hydrogen-bond donors (Lipinski definition) is 2. The van der Waals surface area contributed by atoms with Crippen LogP contribution < -0.4 is 10.9 Å². The summed E-state index contributed by atoms with van der Waals surface area (Å²) in [6, 6.07) is 12.5. The molecule has 7 nitrogen and oxygen atoms in total. The van der Waals surface area contributed by atoms with Crippen LogP contribution in [0.25, 0.3) is 10.9 Å². The van der Waals surface area contributed by atoms with Crippen LogP contribution >= 0.6 is 0 Å². The van der Waals surface area contributed by atoms with Gasteiger partial charge in [-0.2, -0.15) is 0 Å². The number of para-hydroxylation sites is 1. The van der Waals surface area contributed by atoms with E-state index in [9.17, 15) is 18.8 Å². The zero-order chi connectivity index (χ0) is 20.1. The maximum absolute atomic E-state index is 13.7. The van der Waals surface area contributed by atoms with Crippen LogP contribution in [-0.4, -0.2) is 46.8 Å². The normalized spacial score (nSPS) is 10.6. The molecule has 3 rings (SSSR count). The van der Waals surface area contributed by atoms with E-state index in [1.165, 1.54) is 23.1 Å². The molecule has 2 amide bonds. The lowest BCUT2D eigenvalue weighted by atomic mass is 10.2. The van der Waals surface area contributed by atoms with Gasteiger partial charge >= 0.3 is 0 Å². The summed E-state index contributed by atoms with van der Waals surface area (Å²) < 4.78 is 13.7. The summed E-state index contributed by atoms with van der Waals surface area (Å²) in [7, 11) is 1.57. The predicted octanol–water partition coefficient (Wildman–Crippen LogP) is 1.95. The lowest BCUT2D eigenvalue weighted by Crippen LogP contribution is -2.33. The molecule has 2 N–H and O–H groups in total. The van der Waals surface area contributed by atoms with Crippen LogP contribution in [0.2, 0.25) is 0 Å². The fourth-order valence-electron chi connectivity index (χ4n) is 2.74. The molecule has 0 aliphatic carbocycles. The number of aromatic nitrogens is 2. The second-order valence-corrected chi connectivity index (χ2v) is 6.25. The highest BCUT2D eigenvalue weighted by molar-refractivity contribution is 5.94. The minimum Gasteiger partial charge on any atom is -0.349 e. The summed E-state index contributed by atoms with van der Waals surface area (Å²) >= 11 is 0. The van der Waals surface area contributed by atoms with Gasteiger partial charge in [0.2, 0.25) is 0 Å². The Morgan fingerprint density at radius 1 is 1.14 bits per heavy atom. The number of carbonyl (C=O) groups is 2. The molecule has 1 aromatic heterocycles. The summed E-state index contributed by atoms with van der Waals surface area (Å²) in [4.78, 5) is 44.5. The molecule has 1 heterocycles. The topological polar surface area (TPSA) is 95.2 Å². The number of aromatic amines is 1. The summed E-state index contributed by atoms with van der Waals surface area (Å²) in [5.74, 6) is -1.57. The van der Waals surface area contributed by atoms with Gasteiger partial charge in [-0.1, -0.05) is 24.3 Å². The maximum atomic E-state index is 13.7. The molecule has 0 radical (unpaired) electrons. The first-order chi connectivity index (χ1) is 13.5. The van der Waals surface area contributed by atoms with E-state index in [1.807, 2.05) is 0 Å². The molecule has 0 spiro atoms. The molecule has 28 heavy (non-hydrogen) atoms. The van der Waals surface area contributed by atoms with Crippen LogP contribution in [0.1, 0.15) is 27.4 Å². The Bertz CT molecular complexity index is 1080. The van der Waals surface area contributed by atoms with Crippen LogP contribution in [0.15, 0.2) is 53.3 Å². The zero-order valence-electron chi connectivity index (χ0n) is 15.2. The van der Waals surface area contributed by atoms with Gasteiger partial charge < -0.3 is 15.2 Å². The average molecular weight is 382 g/mol. The van der Waals surface area contributed by atoms with Crippen molar-refractivity contribution in [1.29, 1.82) is 0 Å². The van der Waals surface area contributed by atoms with Gasteiger partial charge in [-0.05, 0) is 30.7 Å². The number of carbonyl (C=O) groups excluding carboxylic acids is 2. The van der Waals surface area contributed by atoms with Crippen LogP contribution in [0.5, 0.6) is 0 Å². The van der Waals surface area contributed by atoms with Crippen molar-refractivity contribution < 1.29 is 14.0 Å². The standard InChI is InChI=1S/C20H19FN4O3/c1-25(20(28)13-7-2-4-9-15(13)21)12-6-11-22-19(27)17-23-16-10-5-3-8-14(16)18(26)24-17/h2-5,7-10H,6,11-12H2,1H3,(H,22,27)(H,23,24,26). The lowest BCUT2D eigenvalue weighted by molar-refractivity contribution is 0.0788. The van der Waals surface area contributed by atoms with E-state index in [1.54, 1.807) is 37.4 Å². The van der Waals surface area contributed by atoms with Crippen molar-refractivity contribution in [2.24, 2.45) is 0 Å². The Labute approximate surface area is 160 Å². The van der Waals surface area contributed by atoms with Crippen molar-refractivity contribution in [1.82, 2.24) is 20.2 Å². The fraction of sp³-hybridized carbons (Fsp3) is 0.200. The molecule has 0 bridgehead atoms. The van der Waals surface area contributed by atoms with Gasteiger partial charge in [0.25, 0.3) is 17.4 Å². The van der Waals surface area contributed by atoms with Gasteiger partial charge in [0, 0.05) is 20.1 Å². The van der Waals surface area contributed by atoms with E-state index in [4.69, 9.17) is 0 Å². The molecule has 0 unspecified atom stereocenters. The highest BCUT2D eigenvalue weighted by Gasteiger charge is 2.15. The first-order valence-electron chi connectivity index (χ1n) is 8.74. The fourth-order valence-corrected chi connectivity index (χ4v) is 2.74. The number of halogens is 1. The number of nitrogens with zero attached hydrogens (tertiary/aromatic N) is 2. The third-order valence-electron chi connectivity index (χ3n) is 4.23. The van der Waals surface area contributed by atoms with Crippen molar-refractivity contribution in [2.45, 2.75) is 6.42 Å². The number of nitrogens with one attached hydrogen (secondary N) is 2. The third-order valence-corrected chi connectivity index (χ3v) is 4.23. The Balaban J connectivity index is 1.54. The van der Waals surface area contributed by atoms with E-state index in [-0.39, 0.29) is 23.5 Å². The summed E-state index contributed by atoms with van der Waals surface area (Å²) in [5.41, 5.74) is 0.0598. The van der Waals surface area contributed by atoms with Crippen molar-refractivity contribution in [3.63, 3.8) is 0 Å². The Morgan fingerprint density at radius 2 is 1.86 bits per heavy atom. The van der Waals surface area contributed by atoms with Crippen LogP contribution in [-0.2, 0) is 0 Å². The van der Waals surface area contributed by atoms with E-state index >= 15 is 0 Å². The second-order valence-electron chi connectivity index (χ2n) is 6.25. The molecular weight excluding hydrogens is 363 g/mol. The molecule has 8 heteroatoms. The van der Waals surface area contributed by atoms with Gasteiger partial charge in [-0.15, -0.1) is 0 Å². The lowest BCUT2D eigenvalue weighted by Gasteiger charge is -2.17. The quantitative estimate of drug-likeness (QED) is 0.637. The van der Waals surface area contributed by atoms with Gasteiger partial charge in [-0.25, -0.2) is 9.37 Å². The van der Waals surface area contributed by atoms with Crippen molar-refractivity contribution in [3.8, 4) is 0 Å². The number of rotatable bonds is 6.